The molecular weight excluding hydrogens is 220 g/mol. The van der Waals surface area contributed by atoms with Crippen LogP contribution in [0.25, 0.3) is 32.6 Å². The van der Waals surface area contributed by atoms with E-state index in [2.05, 4.69) is 41.4 Å². The van der Waals surface area contributed by atoms with Gasteiger partial charge >= 0.3 is 0 Å². The van der Waals surface area contributed by atoms with Gasteiger partial charge in [-0.15, -0.1) is 0 Å². The van der Waals surface area contributed by atoms with Gasteiger partial charge in [-0.2, -0.15) is 0 Å². The normalized spacial score (nSPS) is 11.6. The fourth-order valence-electron chi connectivity index (χ4n) is 2.75. The van der Waals surface area contributed by atoms with Crippen molar-refractivity contribution in [3.05, 3.63) is 54.6 Å². The van der Waals surface area contributed by atoms with Crippen molar-refractivity contribution in [1.82, 2.24) is 4.98 Å². The van der Waals surface area contributed by atoms with Crippen molar-refractivity contribution < 1.29 is 0 Å². The van der Waals surface area contributed by atoms with Crippen LogP contribution in [0, 0.1) is 0 Å². The summed E-state index contributed by atoms with van der Waals surface area (Å²) in [6.07, 6.45) is 0. The molecule has 0 atom stereocenters. The van der Waals surface area contributed by atoms with Crippen molar-refractivity contribution in [3.8, 4) is 0 Å². The monoisotopic (exact) mass is 232 g/mol. The number of H-pyrrole nitrogens is 1. The van der Waals surface area contributed by atoms with E-state index < -0.39 is 0 Å². The third-order valence-corrected chi connectivity index (χ3v) is 3.54. The highest BCUT2D eigenvalue weighted by atomic mass is 14.7. The van der Waals surface area contributed by atoms with Gasteiger partial charge in [0.1, 0.15) is 0 Å². The summed E-state index contributed by atoms with van der Waals surface area (Å²) < 4.78 is 0. The second-order valence-corrected chi connectivity index (χ2v) is 4.60. The van der Waals surface area contributed by atoms with Crippen LogP contribution in [0.15, 0.2) is 54.6 Å². The summed E-state index contributed by atoms with van der Waals surface area (Å²) in [6, 6.07) is 18.6. The average Bonchev–Trinajstić information content (AvgIpc) is 2.77. The molecule has 0 radical (unpaired) electrons. The predicted octanol–water partition coefficient (Wildman–Crippen LogP) is 4.06. The van der Waals surface area contributed by atoms with Gasteiger partial charge in [0.05, 0.1) is 0 Å². The van der Waals surface area contributed by atoms with E-state index in [9.17, 15) is 0 Å². The van der Waals surface area contributed by atoms with Crippen molar-refractivity contribution >= 4 is 38.3 Å². The van der Waals surface area contributed by atoms with E-state index in [4.69, 9.17) is 5.73 Å². The largest absolute Gasteiger partial charge is 0.398 e. The van der Waals surface area contributed by atoms with Crippen LogP contribution in [0.3, 0.4) is 0 Å². The molecule has 0 saturated heterocycles. The van der Waals surface area contributed by atoms with Crippen LogP contribution in [-0.2, 0) is 0 Å². The molecule has 86 valence electrons. The minimum absolute atomic E-state index is 0.836. The second kappa shape index (κ2) is 3.26. The van der Waals surface area contributed by atoms with Crippen molar-refractivity contribution in [2.24, 2.45) is 0 Å². The van der Waals surface area contributed by atoms with E-state index in [0.717, 1.165) is 22.1 Å². The fraction of sp³-hybridized carbons (Fsp3) is 0. The molecule has 0 fully saturated rings. The first-order valence-electron chi connectivity index (χ1n) is 6.02. The number of nitrogens with one attached hydrogen (secondary N) is 1. The van der Waals surface area contributed by atoms with Gasteiger partial charge < -0.3 is 10.7 Å². The van der Waals surface area contributed by atoms with Crippen molar-refractivity contribution in [1.29, 1.82) is 0 Å². The first kappa shape index (κ1) is 9.54. The molecule has 0 saturated carbocycles. The van der Waals surface area contributed by atoms with Crippen LogP contribution in [0.4, 0.5) is 5.69 Å². The lowest BCUT2D eigenvalue weighted by atomic mass is 10.0. The van der Waals surface area contributed by atoms with Gasteiger partial charge in [0.2, 0.25) is 0 Å². The number of aromatic nitrogens is 1. The molecule has 2 heteroatoms. The van der Waals surface area contributed by atoms with Crippen LogP contribution in [0.1, 0.15) is 0 Å². The van der Waals surface area contributed by atoms with Gasteiger partial charge in [0.25, 0.3) is 0 Å². The third-order valence-electron chi connectivity index (χ3n) is 3.54. The van der Waals surface area contributed by atoms with Gasteiger partial charge in [0, 0.05) is 32.9 Å². The third kappa shape index (κ3) is 1.12. The van der Waals surface area contributed by atoms with E-state index in [1.54, 1.807) is 0 Å². The Bertz CT molecular complexity index is 887. The van der Waals surface area contributed by atoms with Crippen molar-refractivity contribution in [3.63, 3.8) is 0 Å². The van der Waals surface area contributed by atoms with E-state index in [-0.39, 0.29) is 0 Å². The Morgan fingerprint density at radius 1 is 0.722 bits per heavy atom. The Hall–Kier alpha value is -2.48. The summed E-state index contributed by atoms with van der Waals surface area (Å²) >= 11 is 0. The Morgan fingerprint density at radius 3 is 2.56 bits per heavy atom. The molecule has 0 aliphatic rings. The molecule has 1 heterocycles. The minimum atomic E-state index is 0.836. The smallest absolute Gasteiger partial charge is 0.0472 e. The molecule has 0 amide bonds. The number of hydrogen-bond acceptors (Lipinski definition) is 1. The summed E-state index contributed by atoms with van der Waals surface area (Å²) in [5, 5.41) is 4.79. The van der Waals surface area contributed by atoms with E-state index in [0.29, 0.717) is 0 Å². The molecule has 18 heavy (non-hydrogen) atoms. The topological polar surface area (TPSA) is 41.8 Å². The van der Waals surface area contributed by atoms with Crippen LogP contribution in [0.2, 0.25) is 0 Å². The number of nitrogens with two attached hydrogens (primary N) is 1. The van der Waals surface area contributed by atoms with E-state index in [1.165, 1.54) is 16.2 Å². The highest BCUT2D eigenvalue weighted by molar-refractivity contribution is 6.23. The molecular formula is C16H12N2. The fourth-order valence-corrected chi connectivity index (χ4v) is 2.75. The number of fused-ring (bicyclic) bond motifs is 5. The molecule has 3 aromatic carbocycles. The summed E-state index contributed by atoms with van der Waals surface area (Å²) in [7, 11) is 0. The van der Waals surface area contributed by atoms with Crippen LogP contribution in [-0.4, -0.2) is 4.98 Å². The van der Waals surface area contributed by atoms with Gasteiger partial charge in [-0.25, -0.2) is 0 Å². The van der Waals surface area contributed by atoms with Gasteiger partial charge in [-0.3, -0.25) is 0 Å². The SMILES string of the molecule is Nc1cccc2ccc3[nH]c4ccccc4c3c12. The maximum atomic E-state index is 6.16. The van der Waals surface area contributed by atoms with Crippen molar-refractivity contribution in [2.45, 2.75) is 0 Å². The lowest BCUT2D eigenvalue weighted by Gasteiger charge is -2.03. The van der Waals surface area contributed by atoms with Gasteiger partial charge in [-0.05, 0) is 23.6 Å². The molecule has 0 unspecified atom stereocenters. The summed E-state index contributed by atoms with van der Waals surface area (Å²) in [5.41, 5.74) is 9.29. The molecule has 0 aliphatic carbocycles. The van der Waals surface area contributed by atoms with Crippen LogP contribution in [0.5, 0.6) is 0 Å². The number of rotatable bonds is 0. The molecule has 0 aliphatic heterocycles. The minimum Gasteiger partial charge on any atom is -0.398 e. The Balaban J connectivity index is 2.40. The summed E-state index contributed by atoms with van der Waals surface area (Å²) in [5.74, 6) is 0. The quantitative estimate of drug-likeness (QED) is 0.441. The zero-order chi connectivity index (χ0) is 12.1. The summed E-state index contributed by atoms with van der Waals surface area (Å²) in [4.78, 5) is 3.44. The highest BCUT2D eigenvalue weighted by Gasteiger charge is 2.09. The first-order chi connectivity index (χ1) is 8.84. The molecule has 3 N–H and O–H groups in total. The van der Waals surface area contributed by atoms with Crippen LogP contribution < -0.4 is 5.73 Å². The maximum absolute atomic E-state index is 6.16. The Kier molecular flexibility index (Phi) is 1.73. The lowest BCUT2D eigenvalue weighted by molar-refractivity contribution is 1.55. The average molecular weight is 232 g/mol. The van der Waals surface area contributed by atoms with Gasteiger partial charge in [-0.1, -0.05) is 36.4 Å². The summed E-state index contributed by atoms with van der Waals surface area (Å²) in [6.45, 7) is 0. The van der Waals surface area contributed by atoms with Gasteiger partial charge in [0.15, 0.2) is 0 Å². The van der Waals surface area contributed by atoms with Crippen molar-refractivity contribution in [2.75, 3.05) is 5.73 Å². The molecule has 4 aromatic rings. The zero-order valence-corrected chi connectivity index (χ0v) is 9.77. The first-order valence-corrected chi connectivity index (χ1v) is 6.02. The van der Waals surface area contributed by atoms with E-state index >= 15 is 0 Å². The number of hydrogen-bond donors (Lipinski definition) is 2. The zero-order valence-electron chi connectivity index (χ0n) is 9.77. The molecule has 1 aromatic heterocycles. The Labute approximate surface area is 104 Å². The standard InChI is InChI=1S/C16H12N2/c17-12-6-3-4-10-8-9-14-16(15(10)12)11-5-1-2-7-13(11)18-14/h1-9,18H,17H2. The number of anilines is 1. The number of para-hydroxylation sites is 1. The highest BCUT2D eigenvalue weighted by Crippen LogP contribution is 2.34. The van der Waals surface area contributed by atoms with Crippen LogP contribution >= 0.6 is 0 Å². The maximum Gasteiger partial charge on any atom is 0.0472 e. The van der Waals surface area contributed by atoms with E-state index in [1.807, 2.05) is 18.2 Å². The number of aromatic amines is 1. The Morgan fingerprint density at radius 2 is 1.61 bits per heavy atom. The number of benzene rings is 3. The number of nitrogen functional groups attached to an aromatic ring is 1. The molecule has 0 bridgehead atoms. The molecule has 2 nitrogen and oxygen atoms in total. The predicted molar refractivity (Wildman–Crippen MR) is 77.7 cm³/mol. The molecule has 0 spiro atoms. The molecule has 4 rings (SSSR count). The lowest BCUT2D eigenvalue weighted by Crippen LogP contribution is -1.86. The second-order valence-electron chi connectivity index (χ2n) is 4.60.